The van der Waals surface area contributed by atoms with Crippen molar-refractivity contribution in [2.45, 2.75) is 32.1 Å². The van der Waals surface area contributed by atoms with E-state index in [4.69, 9.17) is 0 Å². The van der Waals surface area contributed by atoms with Crippen LogP contribution in [0.1, 0.15) is 26.3 Å². The van der Waals surface area contributed by atoms with Crippen molar-refractivity contribution >= 4 is 15.7 Å². The first kappa shape index (κ1) is 16.6. The van der Waals surface area contributed by atoms with Crippen LogP contribution in [0.25, 0.3) is 0 Å². The highest BCUT2D eigenvalue weighted by molar-refractivity contribution is 7.92. The Bertz CT molecular complexity index is 731. The summed E-state index contributed by atoms with van der Waals surface area (Å²) >= 11 is 0. The van der Waals surface area contributed by atoms with Crippen LogP contribution in [-0.2, 0) is 16.4 Å². The Labute approximate surface area is 133 Å². The van der Waals surface area contributed by atoms with Crippen LogP contribution in [0, 0.1) is 5.41 Å². The van der Waals surface area contributed by atoms with Crippen LogP contribution in [0.4, 0.5) is 5.69 Å². The first-order valence-electron chi connectivity index (χ1n) is 7.33. The molecule has 118 valence electrons. The Morgan fingerprint density at radius 3 is 2.18 bits per heavy atom. The van der Waals surface area contributed by atoms with Crippen LogP contribution >= 0.6 is 0 Å². The lowest BCUT2D eigenvalue weighted by Crippen LogP contribution is -2.26. The molecular formula is C18H23NO2S. The van der Waals surface area contributed by atoms with Crippen LogP contribution in [0.3, 0.4) is 0 Å². The third kappa shape index (κ3) is 3.89. The van der Waals surface area contributed by atoms with Gasteiger partial charge in [-0.3, -0.25) is 4.31 Å². The SMILES string of the molecule is CN(c1ccccc1)S(=O)(=O)c1cccc(CC(C)(C)C)c1. The van der Waals surface area contributed by atoms with Crippen LogP contribution in [0.5, 0.6) is 0 Å². The van der Waals surface area contributed by atoms with Gasteiger partial charge in [0.1, 0.15) is 0 Å². The van der Waals surface area contributed by atoms with Gasteiger partial charge in [-0.1, -0.05) is 51.1 Å². The average molecular weight is 317 g/mol. The highest BCUT2D eigenvalue weighted by Crippen LogP contribution is 2.25. The van der Waals surface area contributed by atoms with Crippen LogP contribution in [0.15, 0.2) is 59.5 Å². The number of para-hydroxylation sites is 1. The molecule has 0 fully saturated rings. The lowest BCUT2D eigenvalue weighted by Gasteiger charge is -2.21. The van der Waals surface area contributed by atoms with E-state index < -0.39 is 10.0 Å². The van der Waals surface area contributed by atoms with E-state index in [1.807, 2.05) is 30.3 Å². The summed E-state index contributed by atoms with van der Waals surface area (Å²) in [5.74, 6) is 0. The second kappa shape index (κ2) is 6.13. The molecule has 3 nitrogen and oxygen atoms in total. The maximum Gasteiger partial charge on any atom is 0.264 e. The van der Waals surface area contributed by atoms with E-state index in [9.17, 15) is 8.42 Å². The van der Waals surface area contributed by atoms with E-state index in [0.29, 0.717) is 10.6 Å². The van der Waals surface area contributed by atoms with Gasteiger partial charge in [0, 0.05) is 7.05 Å². The molecule has 2 aromatic rings. The lowest BCUT2D eigenvalue weighted by molar-refractivity contribution is 0.411. The van der Waals surface area contributed by atoms with Gasteiger partial charge in [-0.25, -0.2) is 8.42 Å². The summed E-state index contributed by atoms with van der Waals surface area (Å²) in [6.45, 7) is 6.43. The molecule has 0 saturated carbocycles. The summed E-state index contributed by atoms with van der Waals surface area (Å²) < 4.78 is 26.9. The summed E-state index contributed by atoms with van der Waals surface area (Å²) in [6.07, 6.45) is 0.839. The molecule has 0 aliphatic rings. The molecule has 2 aromatic carbocycles. The Balaban J connectivity index is 2.36. The van der Waals surface area contributed by atoms with Gasteiger partial charge >= 0.3 is 0 Å². The molecule has 0 bridgehead atoms. The van der Waals surface area contributed by atoms with Crippen LogP contribution in [0.2, 0.25) is 0 Å². The average Bonchev–Trinajstić information content (AvgIpc) is 2.46. The molecule has 0 radical (unpaired) electrons. The van der Waals surface area contributed by atoms with Crippen molar-refractivity contribution < 1.29 is 8.42 Å². The maximum absolute atomic E-state index is 12.8. The first-order valence-corrected chi connectivity index (χ1v) is 8.77. The molecule has 0 heterocycles. The highest BCUT2D eigenvalue weighted by atomic mass is 32.2. The van der Waals surface area contributed by atoms with E-state index in [1.165, 1.54) is 4.31 Å². The predicted octanol–water partition coefficient (Wildman–Crippen LogP) is 4.10. The Hall–Kier alpha value is -1.81. The minimum Gasteiger partial charge on any atom is -0.269 e. The van der Waals surface area contributed by atoms with Gasteiger partial charge in [-0.2, -0.15) is 0 Å². The molecule has 0 spiro atoms. The highest BCUT2D eigenvalue weighted by Gasteiger charge is 2.22. The number of benzene rings is 2. The summed E-state index contributed by atoms with van der Waals surface area (Å²) in [4.78, 5) is 0.334. The van der Waals surface area contributed by atoms with Gasteiger partial charge in [-0.05, 0) is 41.7 Å². The molecule has 0 aromatic heterocycles. The number of anilines is 1. The van der Waals surface area contributed by atoms with Gasteiger partial charge in [0.2, 0.25) is 0 Å². The largest absolute Gasteiger partial charge is 0.269 e. The zero-order valence-electron chi connectivity index (χ0n) is 13.6. The van der Waals surface area contributed by atoms with Gasteiger partial charge in [0.25, 0.3) is 10.0 Å². The van der Waals surface area contributed by atoms with E-state index in [-0.39, 0.29) is 5.41 Å². The van der Waals surface area contributed by atoms with Crippen molar-refractivity contribution in [2.75, 3.05) is 11.4 Å². The monoisotopic (exact) mass is 317 g/mol. The zero-order valence-corrected chi connectivity index (χ0v) is 14.4. The van der Waals surface area contributed by atoms with Crippen molar-refractivity contribution in [1.29, 1.82) is 0 Å². The fourth-order valence-electron chi connectivity index (χ4n) is 2.36. The van der Waals surface area contributed by atoms with E-state index >= 15 is 0 Å². The van der Waals surface area contributed by atoms with E-state index in [1.54, 1.807) is 31.3 Å². The fourth-order valence-corrected chi connectivity index (χ4v) is 3.63. The number of hydrogen-bond acceptors (Lipinski definition) is 2. The lowest BCUT2D eigenvalue weighted by atomic mass is 9.88. The number of hydrogen-bond donors (Lipinski definition) is 0. The van der Waals surface area contributed by atoms with Crippen LogP contribution in [-0.4, -0.2) is 15.5 Å². The zero-order chi connectivity index (χ0) is 16.4. The fraction of sp³-hybridized carbons (Fsp3) is 0.333. The third-order valence-corrected chi connectivity index (χ3v) is 5.19. The second-order valence-electron chi connectivity index (χ2n) is 6.69. The minimum atomic E-state index is -3.54. The first-order chi connectivity index (χ1) is 10.2. The molecule has 0 unspecified atom stereocenters. The summed E-state index contributed by atoms with van der Waals surface area (Å²) in [6, 6.07) is 16.3. The van der Waals surface area contributed by atoms with Gasteiger partial charge in [0.05, 0.1) is 10.6 Å². The normalized spacial score (nSPS) is 12.2. The Kier molecular flexibility index (Phi) is 4.61. The summed E-state index contributed by atoms with van der Waals surface area (Å²) in [5.41, 5.74) is 1.81. The second-order valence-corrected chi connectivity index (χ2v) is 8.66. The van der Waals surface area contributed by atoms with E-state index in [2.05, 4.69) is 20.8 Å². The maximum atomic E-state index is 12.8. The van der Waals surface area contributed by atoms with Crippen molar-refractivity contribution in [2.24, 2.45) is 5.41 Å². The van der Waals surface area contributed by atoms with Crippen LogP contribution < -0.4 is 4.31 Å². The summed E-state index contributed by atoms with van der Waals surface area (Å²) in [7, 11) is -1.95. The minimum absolute atomic E-state index is 0.119. The van der Waals surface area contributed by atoms with Crippen molar-refractivity contribution in [3.8, 4) is 0 Å². The molecule has 0 saturated heterocycles. The number of sulfonamides is 1. The molecule has 0 N–H and O–H groups in total. The summed E-state index contributed by atoms with van der Waals surface area (Å²) in [5, 5.41) is 0. The van der Waals surface area contributed by atoms with Crippen molar-refractivity contribution in [3.63, 3.8) is 0 Å². The van der Waals surface area contributed by atoms with Gasteiger partial charge < -0.3 is 0 Å². The Morgan fingerprint density at radius 1 is 0.955 bits per heavy atom. The topological polar surface area (TPSA) is 37.4 Å². The molecule has 2 rings (SSSR count). The Morgan fingerprint density at radius 2 is 1.59 bits per heavy atom. The van der Waals surface area contributed by atoms with Gasteiger partial charge in [0.15, 0.2) is 0 Å². The molecule has 0 aliphatic heterocycles. The van der Waals surface area contributed by atoms with Crippen molar-refractivity contribution in [1.82, 2.24) is 0 Å². The smallest absolute Gasteiger partial charge is 0.264 e. The molecule has 0 atom stereocenters. The molecular weight excluding hydrogens is 294 g/mol. The molecule has 4 heteroatoms. The third-order valence-electron chi connectivity index (χ3n) is 3.41. The molecule has 0 amide bonds. The standard InChI is InChI=1S/C18H23NO2S/c1-18(2,3)14-15-9-8-12-17(13-15)22(20,21)19(4)16-10-6-5-7-11-16/h5-13H,14H2,1-4H3. The van der Waals surface area contributed by atoms with E-state index in [0.717, 1.165) is 12.0 Å². The van der Waals surface area contributed by atoms with Crippen molar-refractivity contribution in [3.05, 3.63) is 60.2 Å². The number of nitrogens with zero attached hydrogens (tertiary/aromatic N) is 1. The van der Waals surface area contributed by atoms with Gasteiger partial charge in [-0.15, -0.1) is 0 Å². The quantitative estimate of drug-likeness (QED) is 0.851. The molecule has 22 heavy (non-hydrogen) atoms. The molecule has 0 aliphatic carbocycles. The predicted molar refractivity (Wildman–Crippen MR) is 91.6 cm³/mol. The number of rotatable bonds is 4.